The van der Waals surface area contributed by atoms with Gasteiger partial charge in [0.15, 0.2) is 4.34 Å². The zero-order valence-electron chi connectivity index (χ0n) is 10.1. The molecule has 0 atom stereocenters. The van der Waals surface area contributed by atoms with Crippen LogP contribution in [-0.4, -0.2) is 9.97 Å². The predicted molar refractivity (Wildman–Crippen MR) is 84.8 cm³/mol. The molecule has 0 saturated carbocycles. The van der Waals surface area contributed by atoms with Crippen molar-refractivity contribution in [1.29, 1.82) is 0 Å². The van der Waals surface area contributed by atoms with E-state index in [2.05, 4.69) is 25.9 Å². The van der Waals surface area contributed by atoms with Gasteiger partial charge in [-0.25, -0.2) is 4.98 Å². The Balaban J connectivity index is 2.15. The lowest BCUT2D eigenvalue weighted by Gasteiger charge is -2.07. The topological polar surface area (TPSA) is 51.8 Å². The molecule has 0 amide bonds. The van der Waals surface area contributed by atoms with Gasteiger partial charge in [-0.3, -0.25) is 4.98 Å². The molecule has 0 bridgehead atoms. The van der Waals surface area contributed by atoms with Crippen molar-refractivity contribution in [2.75, 3.05) is 5.73 Å². The maximum absolute atomic E-state index is 6.07. The van der Waals surface area contributed by atoms with E-state index in [0.717, 1.165) is 30.3 Å². The van der Waals surface area contributed by atoms with Crippen molar-refractivity contribution in [1.82, 2.24) is 9.97 Å². The molecule has 2 heterocycles. The van der Waals surface area contributed by atoms with Crippen LogP contribution in [0, 0.1) is 6.92 Å². The summed E-state index contributed by atoms with van der Waals surface area (Å²) in [7, 11) is 0. The number of anilines is 1. The smallest absolute Gasteiger partial charge is 0.154 e. The number of hydrogen-bond donors (Lipinski definition) is 1. The largest absolute Gasteiger partial charge is 0.397 e. The van der Waals surface area contributed by atoms with Crippen LogP contribution in [-0.2, 0) is 0 Å². The SMILES string of the molecule is Cc1csc(Sc2c(N)cnc3ccc(Br)cc23)n1. The number of fused-ring (bicyclic) bond motifs is 1. The number of thiazole rings is 1. The number of nitrogen functional groups attached to an aromatic ring is 1. The maximum Gasteiger partial charge on any atom is 0.154 e. The first-order chi connectivity index (χ1) is 9.13. The van der Waals surface area contributed by atoms with Gasteiger partial charge in [-0.2, -0.15) is 0 Å². The summed E-state index contributed by atoms with van der Waals surface area (Å²) >= 11 is 6.71. The van der Waals surface area contributed by atoms with Gasteiger partial charge in [0.2, 0.25) is 0 Å². The molecule has 3 aromatic rings. The van der Waals surface area contributed by atoms with Crippen molar-refractivity contribution < 1.29 is 0 Å². The van der Waals surface area contributed by atoms with Crippen LogP contribution in [0.2, 0.25) is 0 Å². The fourth-order valence-electron chi connectivity index (χ4n) is 1.74. The average Bonchev–Trinajstić information content (AvgIpc) is 2.79. The number of aromatic nitrogens is 2. The van der Waals surface area contributed by atoms with Gasteiger partial charge in [-0.05, 0) is 25.1 Å². The highest BCUT2D eigenvalue weighted by atomic mass is 79.9. The van der Waals surface area contributed by atoms with Crippen LogP contribution in [0.3, 0.4) is 0 Å². The summed E-state index contributed by atoms with van der Waals surface area (Å²) in [6.07, 6.45) is 1.71. The lowest BCUT2D eigenvalue weighted by Crippen LogP contribution is -1.92. The molecule has 2 aromatic heterocycles. The molecule has 2 N–H and O–H groups in total. The van der Waals surface area contributed by atoms with Gasteiger partial charge in [0.1, 0.15) is 0 Å². The molecule has 1 aromatic carbocycles. The van der Waals surface area contributed by atoms with Gasteiger partial charge in [0, 0.05) is 25.8 Å². The Hall–Kier alpha value is -1.11. The number of nitrogens with zero attached hydrogens (tertiary/aromatic N) is 2. The van der Waals surface area contributed by atoms with Crippen LogP contribution in [0.4, 0.5) is 5.69 Å². The second-order valence-electron chi connectivity index (χ2n) is 4.06. The van der Waals surface area contributed by atoms with Gasteiger partial charge in [-0.15, -0.1) is 11.3 Å². The number of rotatable bonds is 2. The first-order valence-corrected chi connectivity index (χ1v) is 8.06. The van der Waals surface area contributed by atoms with Crippen molar-refractivity contribution in [3.8, 4) is 0 Å². The fraction of sp³-hybridized carbons (Fsp3) is 0.0769. The second-order valence-corrected chi connectivity index (χ2v) is 7.09. The van der Waals surface area contributed by atoms with E-state index in [4.69, 9.17) is 5.73 Å². The molecule has 6 heteroatoms. The number of nitrogens with two attached hydrogens (primary N) is 1. The molecule has 0 aliphatic carbocycles. The predicted octanol–water partition coefficient (Wildman–Crippen LogP) is 4.50. The minimum atomic E-state index is 0.684. The number of aryl methyl sites for hydroxylation is 1. The van der Waals surface area contributed by atoms with Crippen LogP contribution in [0.25, 0.3) is 10.9 Å². The summed E-state index contributed by atoms with van der Waals surface area (Å²) in [5.41, 5.74) is 8.72. The van der Waals surface area contributed by atoms with Gasteiger partial charge in [-0.1, -0.05) is 27.7 Å². The third-order valence-electron chi connectivity index (χ3n) is 2.60. The summed E-state index contributed by atoms with van der Waals surface area (Å²) in [5, 5.41) is 3.09. The highest BCUT2D eigenvalue weighted by Gasteiger charge is 2.11. The molecular formula is C13H10BrN3S2. The number of hydrogen-bond acceptors (Lipinski definition) is 5. The molecule has 0 saturated heterocycles. The van der Waals surface area contributed by atoms with Crippen LogP contribution >= 0.6 is 39.0 Å². The molecule has 96 valence electrons. The third-order valence-corrected chi connectivity index (χ3v) is 5.30. The number of benzene rings is 1. The van der Waals surface area contributed by atoms with Crippen LogP contribution in [0.1, 0.15) is 5.69 Å². The Morgan fingerprint density at radius 3 is 2.95 bits per heavy atom. The molecule has 19 heavy (non-hydrogen) atoms. The van der Waals surface area contributed by atoms with Gasteiger partial charge >= 0.3 is 0 Å². The molecule has 0 radical (unpaired) electrons. The Morgan fingerprint density at radius 1 is 1.37 bits per heavy atom. The molecular weight excluding hydrogens is 342 g/mol. The third kappa shape index (κ3) is 2.61. The zero-order valence-corrected chi connectivity index (χ0v) is 13.3. The minimum absolute atomic E-state index is 0.684. The lowest BCUT2D eigenvalue weighted by molar-refractivity contribution is 1.16. The van der Waals surface area contributed by atoms with E-state index in [9.17, 15) is 0 Å². The average molecular weight is 352 g/mol. The van der Waals surface area contributed by atoms with Crippen molar-refractivity contribution in [3.05, 3.63) is 39.9 Å². The van der Waals surface area contributed by atoms with E-state index < -0.39 is 0 Å². The van der Waals surface area contributed by atoms with Crippen LogP contribution in [0.5, 0.6) is 0 Å². The van der Waals surface area contributed by atoms with Crippen LogP contribution < -0.4 is 5.73 Å². The fourth-order valence-corrected chi connectivity index (χ4v) is 4.01. The molecule has 0 unspecified atom stereocenters. The summed E-state index contributed by atoms with van der Waals surface area (Å²) in [6, 6.07) is 6.00. The van der Waals surface area contributed by atoms with Crippen LogP contribution in [0.15, 0.2) is 43.5 Å². The summed E-state index contributed by atoms with van der Waals surface area (Å²) in [5.74, 6) is 0. The van der Waals surface area contributed by atoms with Gasteiger partial charge < -0.3 is 5.73 Å². The quantitative estimate of drug-likeness (QED) is 0.738. The number of halogens is 1. The van der Waals surface area contributed by atoms with E-state index in [-0.39, 0.29) is 0 Å². The van der Waals surface area contributed by atoms with Gasteiger partial charge in [0.25, 0.3) is 0 Å². The Morgan fingerprint density at radius 2 is 2.21 bits per heavy atom. The first-order valence-electron chi connectivity index (χ1n) is 5.57. The highest BCUT2D eigenvalue weighted by Crippen LogP contribution is 2.38. The highest BCUT2D eigenvalue weighted by molar-refractivity contribution is 9.10. The Kier molecular flexibility index (Phi) is 3.47. The number of pyridine rings is 1. The second kappa shape index (κ2) is 5.11. The molecule has 0 spiro atoms. The summed E-state index contributed by atoms with van der Waals surface area (Å²) in [6.45, 7) is 1.99. The van der Waals surface area contributed by atoms with Gasteiger partial charge in [0.05, 0.1) is 17.4 Å². The standard InChI is InChI=1S/C13H10BrN3S2/c1-7-6-18-13(17-7)19-12-9-4-8(14)2-3-11(9)16-5-10(12)15/h2-6H,15H2,1H3. The lowest BCUT2D eigenvalue weighted by atomic mass is 10.2. The van der Waals surface area contributed by atoms with E-state index in [1.54, 1.807) is 29.3 Å². The van der Waals surface area contributed by atoms with Crippen molar-refractivity contribution >= 4 is 55.6 Å². The van der Waals surface area contributed by atoms with E-state index in [1.807, 2.05) is 30.5 Å². The Labute approximate surface area is 127 Å². The van der Waals surface area contributed by atoms with E-state index >= 15 is 0 Å². The molecule has 3 nitrogen and oxygen atoms in total. The molecule has 3 rings (SSSR count). The monoisotopic (exact) mass is 351 g/mol. The van der Waals surface area contributed by atoms with Crippen molar-refractivity contribution in [2.24, 2.45) is 0 Å². The zero-order chi connectivity index (χ0) is 13.4. The molecule has 0 aliphatic rings. The van der Waals surface area contributed by atoms with E-state index in [0.29, 0.717) is 5.69 Å². The normalized spacial score (nSPS) is 11.1. The van der Waals surface area contributed by atoms with E-state index in [1.165, 1.54) is 0 Å². The Bertz CT molecular complexity index is 749. The first kappa shape index (κ1) is 12.9. The van der Waals surface area contributed by atoms with Crippen molar-refractivity contribution in [3.63, 3.8) is 0 Å². The molecule has 0 aliphatic heterocycles. The summed E-state index contributed by atoms with van der Waals surface area (Å²) < 4.78 is 2.02. The minimum Gasteiger partial charge on any atom is -0.397 e. The summed E-state index contributed by atoms with van der Waals surface area (Å²) in [4.78, 5) is 9.84. The molecule has 0 fully saturated rings. The maximum atomic E-state index is 6.07. The van der Waals surface area contributed by atoms with Crippen molar-refractivity contribution in [2.45, 2.75) is 16.2 Å².